The van der Waals surface area contributed by atoms with E-state index in [0.717, 1.165) is 6.42 Å². The summed E-state index contributed by atoms with van der Waals surface area (Å²) in [6.45, 7) is 19.6. The van der Waals surface area contributed by atoms with Crippen molar-refractivity contribution in [2.45, 2.75) is 101 Å². The van der Waals surface area contributed by atoms with Crippen molar-refractivity contribution in [3.05, 3.63) is 256 Å². The predicted octanol–water partition coefficient (Wildman–Crippen LogP) is 18.0. The normalized spacial score (nSPS) is 20.3. The van der Waals surface area contributed by atoms with Crippen molar-refractivity contribution < 1.29 is 0 Å². The van der Waals surface area contributed by atoms with E-state index in [4.69, 9.17) is 0 Å². The van der Waals surface area contributed by atoms with Gasteiger partial charge in [-0.2, -0.15) is 0 Å². The molecule has 5 aliphatic rings. The van der Waals surface area contributed by atoms with E-state index in [1.165, 1.54) is 112 Å². The zero-order valence-corrected chi connectivity index (χ0v) is 42.1. The molecule has 344 valence electrons. The predicted molar refractivity (Wildman–Crippen MR) is 294 cm³/mol. The number of anilines is 3. The third-order valence-corrected chi connectivity index (χ3v) is 18.1. The monoisotopic (exact) mass is 905 g/mol. The maximum atomic E-state index is 2.65. The van der Waals surface area contributed by atoms with Gasteiger partial charge in [-0.15, -0.1) is 0 Å². The van der Waals surface area contributed by atoms with E-state index in [2.05, 4.69) is 261 Å². The quantitative estimate of drug-likeness (QED) is 0.161. The largest absolute Gasteiger partial charge is 0.310 e. The molecule has 1 heteroatoms. The van der Waals surface area contributed by atoms with Crippen LogP contribution in [0.2, 0.25) is 0 Å². The van der Waals surface area contributed by atoms with Crippen LogP contribution in [0.25, 0.3) is 33.4 Å². The summed E-state index contributed by atoms with van der Waals surface area (Å²) in [5, 5.41) is 0. The number of fused-ring (bicyclic) bond motifs is 10. The molecule has 2 atom stereocenters. The molecule has 8 aromatic carbocycles. The van der Waals surface area contributed by atoms with Gasteiger partial charge >= 0.3 is 0 Å². The Bertz CT molecular complexity index is 3460. The van der Waals surface area contributed by atoms with E-state index >= 15 is 0 Å². The molecule has 5 aliphatic carbocycles. The summed E-state index contributed by atoms with van der Waals surface area (Å²) in [4.78, 5) is 2.65. The smallest absolute Gasteiger partial charge is 0.0714 e. The minimum absolute atomic E-state index is 0.0472. The molecule has 2 unspecified atom stereocenters. The first-order valence-electron chi connectivity index (χ1n) is 25.8. The van der Waals surface area contributed by atoms with Crippen molar-refractivity contribution in [3.8, 4) is 33.4 Å². The molecule has 0 radical (unpaired) electrons. The van der Waals surface area contributed by atoms with Crippen LogP contribution in [0.4, 0.5) is 17.1 Å². The summed E-state index contributed by atoms with van der Waals surface area (Å²) < 4.78 is 0. The fourth-order valence-corrected chi connectivity index (χ4v) is 14.2. The van der Waals surface area contributed by atoms with Gasteiger partial charge in [-0.1, -0.05) is 219 Å². The van der Waals surface area contributed by atoms with E-state index in [1.807, 2.05) is 0 Å². The molecule has 1 nitrogen and oxygen atoms in total. The minimum Gasteiger partial charge on any atom is -0.310 e. The molecule has 13 rings (SSSR count). The molecule has 0 N–H and O–H groups in total. The second kappa shape index (κ2) is 15.0. The van der Waals surface area contributed by atoms with E-state index in [0.29, 0.717) is 11.8 Å². The van der Waals surface area contributed by atoms with Gasteiger partial charge in [0.15, 0.2) is 0 Å². The summed E-state index contributed by atoms with van der Waals surface area (Å²) in [6, 6.07) is 68.4. The molecular formula is C69H63N. The fourth-order valence-electron chi connectivity index (χ4n) is 14.2. The minimum atomic E-state index is -0.564. The number of hydrogen-bond donors (Lipinski definition) is 0. The SMILES string of the molecule is CC1(C)CCC(C)(C)c2cc(-c3cc4c(cc3N(c3ccc5c(c3)C(C)(C)c3ccccc3-5)c3ccc5c(c3)C(C)(C)C3C=CC=CC53)C(c3ccccc3)(c3ccccc3)c3ccccc3-4)ccc21. The van der Waals surface area contributed by atoms with Crippen molar-refractivity contribution in [1.29, 1.82) is 0 Å². The van der Waals surface area contributed by atoms with Gasteiger partial charge < -0.3 is 4.90 Å². The van der Waals surface area contributed by atoms with Crippen LogP contribution >= 0.6 is 0 Å². The molecule has 70 heavy (non-hydrogen) atoms. The molecule has 0 spiro atoms. The second-order valence-corrected chi connectivity index (χ2v) is 23.5. The summed E-state index contributed by atoms with van der Waals surface area (Å²) in [5.41, 5.74) is 24.5. The Balaban J connectivity index is 1.15. The standard InChI is InChI=1S/C69H63N/c1-65(2)37-38-66(3,4)63-39-44(31-36-59(63)65)54-42-55-51-27-17-20-30-58(51)69(45-21-11-9-12-22-45,46-23-13-10-14-24-46)62(55)43-64(54)70(47-32-34-52-49-25-15-18-28-56(49)67(5,6)60(52)40-47)48-33-35-53-50-26-16-19-29-57(50)68(7,8)61(53)41-48/h9-36,39-43,49,56H,37-38H2,1-8H3. The van der Waals surface area contributed by atoms with Crippen LogP contribution in [-0.4, -0.2) is 0 Å². The summed E-state index contributed by atoms with van der Waals surface area (Å²) in [6.07, 6.45) is 11.7. The van der Waals surface area contributed by atoms with Gasteiger partial charge in [0, 0.05) is 28.3 Å². The van der Waals surface area contributed by atoms with Crippen LogP contribution in [0.15, 0.2) is 200 Å². The average Bonchev–Trinajstić information content (AvgIpc) is 3.90. The van der Waals surface area contributed by atoms with E-state index < -0.39 is 5.41 Å². The molecule has 0 saturated heterocycles. The van der Waals surface area contributed by atoms with E-state index in [-0.39, 0.29) is 21.7 Å². The Morgan fingerprint density at radius 1 is 0.400 bits per heavy atom. The van der Waals surface area contributed by atoms with Crippen LogP contribution in [0.3, 0.4) is 0 Å². The molecule has 0 aliphatic heterocycles. The van der Waals surface area contributed by atoms with E-state index in [9.17, 15) is 0 Å². The van der Waals surface area contributed by atoms with Gasteiger partial charge in [-0.3, -0.25) is 0 Å². The van der Waals surface area contributed by atoms with Gasteiger partial charge in [0.1, 0.15) is 0 Å². The number of rotatable bonds is 6. The Morgan fingerprint density at radius 2 is 0.971 bits per heavy atom. The molecule has 0 aromatic heterocycles. The maximum Gasteiger partial charge on any atom is 0.0714 e. The summed E-state index contributed by atoms with van der Waals surface area (Å²) in [7, 11) is 0. The van der Waals surface area contributed by atoms with Crippen LogP contribution in [0.5, 0.6) is 0 Å². The lowest BCUT2D eigenvalue weighted by atomic mass is 9.63. The first kappa shape index (κ1) is 43.1. The Labute approximate surface area is 416 Å². The van der Waals surface area contributed by atoms with Crippen LogP contribution < -0.4 is 4.90 Å². The van der Waals surface area contributed by atoms with Gasteiger partial charge in [-0.05, 0) is 155 Å². The van der Waals surface area contributed by atoms with Crippen molar-refractivity contribution in [3.63, 3.8) is 0 Å². The summed E-state index contributed by atoms with van der Waals surface area (Å²) in [5.74, 6) is 0.774. The zero-order chi connectivity index (χ0) is 48.0. The highest BCUT2D eigenvalue weighted by Gasteiger charge is 2.48. The average molecular weight is 906 g/mol. The summed E-state index contributed by atoms with van der Waals surface area (Å²) >= 11 is 0. The van der Waals surface area contributed by atoms with E-state index in [1.54, 1.807) is 0 Å². The Hall–Kier alpha value is -6.96. The number of nitrogens with zero attached hydrogens (tertiary/aromatic N) is 1. The number of allylic oxidation sites excluding steroid dienone is 4. The molecule has 0 bridgehead atoms. The molecule has 8 aromatic rings. The van der Waals surface area contributed by atoms with Crippen molar-refractivity contribution in [2.75, 3.05) is 4.90 Å². The lowest BCUT2D eigenvalue weighted by molar-refractivity contribution is 0.332. The lowest BCUT2D eigenvalue weighted by Crippen LogP contribution is -2.33. The topological polar surface area (TPSA) is 3.24 Å². The van der Waals surface area contributed by atoms with Gasteiger partial charge in [0.2, 0.25) is 0 Å². The number of hydrogen-bond acceptors (Lipinski definition) is 1. The molecule has 0 fully saturated rings. The molecule has 0 saturated carbocycles. The highest BCUT2D eigenvalue weighted by atomic mass is 15.1. The van der Waals surface area contributed by atoms with Gasteiger partial charge in [0.05, 0.1) is 11.1 Å². The third-order valence-electron chi connectivity index (χ3n) is 18.1. The maximum absolute atomic E-state index is 2.65. The van der Waals surface area contributed by atoms with Gasteiger partial charge in [-0.25, -0.2) is 0 Å². The van der Waals surface area contributed by atoms with Crippen molar-refractivity contribution in [2.24, 2.45) is 5.92 Å². The zero-order valence-electron chi connectivity index (χ0n) is 42.1. The highest BCUT2D eigenvalue weighted by Crippen LogP contribution is 2.61. The lowest BCUT2D eigenvalue weighted by Gasteiger charge is -2.42. The molecule has 0 amide bonds. The molecular weight excluding hydrogens is 843 g/mol. The fraction of sp³-hybridized carbons (Fsp3) is 0.246. The molecule has 0 heterocycles. The first-order valence-corrected chi connectivity index (χ1v) is 25.8. The second-order valence-electron chi connectivity index (χ2n) is 23.5. The van der Waals surface area contributed by atoms with Crippen molar-refractivity contribution >= 4 is 17.1 Å². The Morgan fingerprint density at radius 3 is 1.67 bits per heavy atom. The van der Waals surface area contributed by atoms with Crippen LogP contribution in [0, 0.1) is 5.92 Å². The third kappa shape index (κ3) is 5.97. The van der Waals surface area contributed by atoms with Crippen LogP contribution in [-0.2, 0) is 27.1 Å². The van der Waals surface area contributed by atoms with Gasteiger partial charge in [0.25, 0.3) is 0 Å². The number of benzene rings is 8. The van der Waals surface area contributed by atoms with Crippen molar-refractivity contribution in [1.82, 2.24) is 0 Å². The first-order chi connectivity index (χ1) is 33.7. The Kier molecular flexibility index (Phi) is 9.25. The highest BCUT2D eigenvalue weighted by molar-refractivity contribution is 5.97. The van der Waals surface area contributed by atoms with Crippen LogP contribution in [0.1, 0.15) is 130 Å².